The summed E-state index contributed by atoms with van der Waals surface area (Å²) in [6, 6.07) is 1.98. The highest BCUT2D eigenvalue weighted by atomic mass is 35.5. The molecule has 0 saturated carbocycles. The van der Waals surface area contributed by atoms with Gasteiger partial charge in [-0.2, -0.15) is 0 Å². The van der Waals surface area contributed by atoms with Crippen molar-refractivity contribution in [3.63, 3.8) is 0 Å². The molecule has 1 unspecified atom stereocenters. The Morgan fingerprint density at radius 2 is 2.12 bits per heavy atom. The molecule has 1 atom stereocenters. The number of nitrogens with zero attached hydrogens (tertiary/aromatic N) is 2. The van der Waals surface area contributed by atoms with Gasteiger partial charge in [-0.3, -0.25) is 0 Å². The number of alkyl halides is 1. The minimum atomic E-state index is 0.0657. The van der Waals surface area contributed by atoms with Crippen LogP contribution in [-0.2, 0) is 4.74 Å². The maximum atomic E-state index is 5.85. The zero-order valence-electron chi connectivity index (χ0n) is 10.8. The molecule has 1 aromatic rings. The SMILES string of the molecule is COCC(CCl)Nc1cc(C)nc(C(C)C)n1. The summed E-state index contributed by atoms with van der Waals surface area (Å²) in [7, 11) is 1.66. The number of rotatable bonds is 6. The van der Waals surface area contributed by atoms with Gasteiger partial charge < -0.3 is 10.1 Å². The zero-order valence-corrected chi connectivity index (χ0v) is 11.6. The van der Waals surface area contributed by atoms with E-state index < -0.39 is 0 Å². The predicted octanol–water partition coefficient (Wildman–Crippen LogP) is 2.57. The molecule has 96 valence electrons. The molecule has 0 fully saturated rings. The molecule has 1 aromatic heterocycles. The van der Waals surface area contributed by atoms with Gasteiger partial charge in [0.25, 0.3) is 0 Å². The molecule has 0 amide bonds. The van der Waals surface area contributed by atoms with E-state index in [2.05, 4.69) is 29.1 Å². The molecule has 0 spiro atoms. The number of aromatic nitrogens is 2. The third-order valence-electron chi connectivity index (χ3n) is 2.29. The molecular formula is C12H20ClN3O. The average Bonchev–Trinajstić information content (AvgIpc) is 2.27. The molecule has 4 nitrogen and oxygen atoms in total. The number of nitrogens with one attached hydrogen (secondary N) is 1. The van der Waals surface area contributed by atoms with Crippen LogP contribution in [0, 0.1) is 6.92 Å². The van der Waals surface area contributed by atoms with Crippen LogP contribution in [0.5, 0.6) is 0 Å². The maximum absolute atomic E-state index is 5.85. The van der Waals surface area contributed by atoms with E-state index >= 15 is 0 Å². The van der Waals surface area contributed by atoms with Crippen LogP contribution in [0.2, 0.25) is 0 Å². The first-order valence-corrected chi connectivity index (χ1v) is 6.27. The number of halogens is 1. The summed E-state index contributed by atoms with van der Waals surface area (Å²) >= 11 is 5.85. The van der Waals surface area contributed by atoms with Crippen LogP contribution in [0.25, 0.3) is 0 Å². The Balaban J connectivity index is 2.82. The van der Waals surface area contributed by atoms with E-state index in [1.54, 1.807) is 7.11 Å². The Morgan fingerprint density at radius 3 is 2.65 bits per heavy atom. The van der Waals surface area contributed by atoms with Crippen LogP contribution >= 0.6 is 11.6 Å². The smallest absolute Gasteiger partial charge is 0.133 e. The first-order valence-electron chi connectivity index (χ1n) is 5.73. The summed E-state index contributed by atoms with van der Waals surface area (Å²) in [6.45, 7) is 6.67. The van der Waals surface area contributed by atoms with Crippen LogP contribution in [0.3, 0.4) is 0 Å². The van der Waals surface area contributed by atoms with Gasteiger partial charge in [0, 0.05) is 30.7 Å². The molecule has 0 aliphatic heterocycles. The molecule has 0 saturated heterocycles. The molecule has 17 heavy (non-hydrogen) atoms. The van der Waals surface area contributed by atoms with Gasteiger partial charge in [-0.25, -0.2) is 9.97 Å². The number of ether oxygens (including phenoxy) is 1. The number of hydrogen-bond donors (Lipinski definition) is 1. The quantitative estimate of drug-likeness (QED) is 0.796. The van der Waals surface area contributed by atoms with Crippen molar-refractivity contribution in [2.45, 2.75) is 32.7 Å². The maximum Gasteiger partial charge on any atom is 0.133 e. The van der Waals surface area contributed by atoms with Gasteiger partial charge in [0.15, 0.2) is 0 Å². The van der Waals surface area contributed by atoms with Gasteiger partial charge in [-0.05, 0) is 6.92 Å². The third kappa shape index (κ3) is 4.48. The lowest BCUT2D eigenvalue weighted by atomic mass is 10.2. The van der Waals surface area contributed by atoms with E-state index in [9.17, 15) is 0 Å². The minimum Gasteiger partial charge on any atom is -0.383 e. The number of aryl methyl sites for hydroxylation is 1. The van der Waals surface area contributed by atoms with Crippen molar-refractivity contribution in [2.24, 2.45) is 0 Å². The van der Waals surface area contributed by atoms with Crippen LogP contribution in [0.4, 0.5) is 5.82 Å². The highest BCUT2D eigenvalue weighted by molar-refractivity contribution is 6.18. The highest BCUT2D eigenvalue weighted by Gasteiger charge is 2.10. The molecular weight excluding hydrogens is 238 g/mol. The van der Waals surface area contributed by atoms with Gasteiger partial charge >= 0.3 is 0 Å². The molecule has 5 heteroatoms. The van der Waals surface area contributed by atoms with Crippen molar-refractivity contribution >= 4 is 17.4 Å². The van der Waals surface area contributed by atoms with Crippen LogP contribution < -0.4 is 5.32 Å². The molecule has 0 radical (unpaired) electrons. The van der Waals surface area contributed by atoms with Crippen LogP contribution in [0.15, 0.2) is 6.07 Å². The number of anilines is 1. The summed E-state index contributed by atoms with van der Waals surface area (Å²) in [5.74, 6) is 2.45. The second-order valence-corrected chi connectivity index (χ2v) is 4.67. The zero-order chi connectivity index (χ0) is 12.8. The summed E-state index contributed by atoms with van der Waals surface area (Å²) in [4.78, 5) is 8.86. The van der Waals surface area contributed by atoms with E-state index in [0.717, 1.165) is 17.3 Å². The standard InChI is InChI=1S/C12H20ClN3O/c1-8(2)12-14-9(3)5-11(16-12)15-10(6-13)7-17-4/h5,8,10H,6-7H2,1-4H3,(H,14,15,16). The van der Waals surface area contributed by atoms with Crippen molar-refractivity contribution in [3.05, 3.63) is 17.6 Å². The van der Waals surface area contributed by atoms with Crippen molar-refractivity contribution in [1.82, 2.24) is 9.97 Å². The number of hydrogen-bond acceptors (Lipinski definition) is 4. The van der Waals surface area contributed by atoms with E-state index in [-0.39, 0.29) is 6.04 Å². The molecule has 1 heterocycles. The second-order valence-electron chi connectivity index (χ2n) is 4.36. The van der Waals surface area contributed by atoms with E-state index in [0.29, 0.717) is 18.4 Å². The highest BCUT2D eigenvalue weighted by Crippen LogP contribution is 2.14. The normalized spacial score (nSPS) is 12.8. The fourth-order valence-electron chi connectivity index (χ4n) is 1.46. The average molecular weight is 258 g/mol. The van der Waals surface area contributed by atoms with E-state index in [4.69, 9.17) is 16.3 Å². The molecule has 0 aliphatic rings. The van der Waals surface area contributed by atoms with Gasteiger partial charge in [-0.15, -0.1) is 11.6 Å². The van der Waals surface area contributed by atoms with E-state index in [1.165, 1.54) is 0 Å². The summed E-state index contributed by atoms with van der Waals surface area (Å²) < 4.78 is 5.08. The Labute approximate surface area is 108 Å². The fourth-order valence-corrected chi connectivity index (χ4v) is 1.62. The molecule has 1 rings (SSSR count). The monoisotopic (exact) mass is 257 g/mol. The number of methoxy groups -OCH3 is 1. The first kappa shape index (κ1) is 14.2. The molecule has 0 bridgehead atoms. The van der Waals surface area contributed by atoms with Crippen molar-refractivity contribution in [3.8, 4) is 0 Å². The van der Waals surface area contributed by atoms with Crippen molar-refractivity contribution in [1.29, 1.82) is 0 Å². The third-order valence-corrected chi connectivity index (χ3v) is 2.67. The van der Waals surface area contributed by atoms with Crippen LogP contribution in [-0.4, -0.2) is 35.6 Å². The van der Waals surface area contributed by atoms with Gasteiger partial charge in [0.2, 0.25) is 0 Å². The molecule has 0 aliphatic carbocycles. The Bertz CT molecular complexity index is 358. The van der Waals surface area contributed by atoms with Crippen molar-refractivity contribution in [2.75, 3.05) is 24.9 Å². The lowest BCUT2D eigenvalue weighted by molar-refractivity contribution is 0.191. The Hall–Kier alpha value is -0.870. The summed E-state index contributed by atoms with van der Waals surface area (Å²) in [6.07, 6.45) is 0. The topological polar surface area (TPSA) is 47.0 Å². The van der Waals surface area contributed by atoms with Gasteiger partial charge in [0.05, 0.1) is 12.6 Å². The molecule has 0 aromatic carbocycles. The van der Waals surface area contributed by atoms with Crippen molar-refractivity contribution < 1.29 is 4.74 Å². The summed E-state index contributed by atoms with van der Waals surface area (Å²) in [5.41, 5.74) is 0.955. The molecule has 1 N–H and O–H groups in total. The largest absolute Gasteiger partial charge is 0.383 e. The minimum absolute atomic E-state index is 0.0657. The lowest BCUT2D eigenvalue weighted by Gasteiger charge is -2.17. The lowest BCUT2D eigenvalue weighted by Crippen LogP contribution is -2.27. The Kier molecular flexibility index (Phi) is 5.65. The second kappa shape index (κ2) is 6.77. The summed E-state index contributed by atoms with van der Waals surface area (Å²) in [5, 5.41) is 3.26. The van der Waals surface area contributed by atoms with E-state index in [1.807, 2.05) is 13.0 Å². The van der Waals surface area contributed by atoms with Gasteiger partial charge in [-0.1, -0.05) is 13.8 Å². The van der Waals surface area contributed by atoms with Crippen LogP contribution in [0.1, 0.15) is 31.3 Å². The predicted molar refractivity (Wildman–Crippen MR) is 70.9 cm³/mol. The Morgan fingerprint density at radius 1 is 1.41 bits per heavy atom. The van der Waals surface area contributed by atoms with Gasteiger partial charge in [0.1, 0.15) is 11.6 Å². The first-order chi connectivity index (χ1) is 8.06. The fraction of sp³-hybridized carbons (Fsp3) is 0.667.